The molecule has 0 unspecified atom stereocenters. The van der Waals surface area contributed by atoms with Crippen LogP contribution in [0.15, 0.2) is 31.9 Å². The first kappa shape index (κ1) is 13.4. The molecule has 7 heteroatoms. The third-order valence-electron chi connectivity index (χ3n) is 2.45. The van der Waals surface area contributed by atoms with Gasteiger partial charge in [0.2, 0.25) is 0 Å². The summed E-state index contributed by atoms with van der Waals surface area (Å²) in [5, 5.41) is 11.5. The van der Waals surface area contributed by atoms with Gasteiger partial charge in [-0.2, -0.15) is 0 Å². The van der Waals surface area contributed by atoms with Crippen molar-refractivity contribution in [3.05, 3.63) is 45.7 Å². The zero-order valence-electron chi connectivity index (χ0n) is 9.90. The number of furan rings is 2. The second-order valence-corrected chi connectivity index (χ2v) is 4.59. The van der Waals surface area contributed by atoms with Gasteiger partial charge in [0.05, 0.1) is 12.1 Å². The predicted molar refractivity (Wildman–Crippen MR) is 68.0 cm³/mol. The lowest BCUT2D eigenvalue weighted by atomic mass is 10.2. The molecule has 0 aliphatic carbocycles. The lowest BCUT2D eigenvalue weighted by Crippen LogP contribution is -2.21. The van der Waals surface area contributed by atoms with E-state index in [0.717, 1.165) is 0 Å². The number of amides is 1. The van der Waals surface area contributed by atoms with Crippen LogP contribution in [-0.4, -0.2) is 17.0 Å². The third-order valence-corrected chi connectivity index (χ3v) is 2.87. The standard InChI is InChI=1S/C12H10BrNO5/c1-6-9(12(16)17)3-8(19-6)4-14-11(15)7-2-10(13)18-5-7/h2-3,5H,4H2,1H3,(H,14,15)(H,16,17). The number of aryl methyl sites for hydroxylation is 1. The van der Waals surface area contributed by atoms with Crippen LogP contribution in [0.5, 0.6) is 0 Å². The molecule has 2 rings (SSSR count). The van der Waals surface area contributed by atoms with Gasteiger partial charge in [-0.3, -0.25) is 4.79 Å². The van der Waals surface area contributed by atoms with Gasteiger partial charge in [-0.15, -0.1) is 0 Å². The highest BCUT2D eigenvalue weighted by Gasteiger charge is 2.15. The van der Waals surface area contributed by atoms with Crippen LogP contribution >= 0.6 is 15.9 Å². The van der Waals surface area contributed by atoms with Crippen molar-refractivity contribution in [3.63, 3.8) is 0 Å². The summed E-state index contributed by atoms with van der Waals surface area (Å²) in [6, 6.07) is 2.93. The Morgan fingerprint density at radius 3 is 2.68 bits per heavy atom. The predicted octanol–water partition coefficient (Wildman–Crippen LogP) is 2.57. The highest BCUT2D eigenvalue weighted by molar-refractivity contribution is 9.10. The van der Waals surface area contributed by atoms with E-state index in [1.54, 1.807) is 6.92 Å². The minimum absolute atomic E-state index is 0.0929. The number of carboxylic acids is 1. The Morgan fingerprint density at radius 2 is 2.16 bits per heavy atom. The van der Waals surface area contributed by atoms with Gasteiger partial charge >= 0.3 is 5.97 Å². The number of hydrogen-bond acceptors (Lipinski definition) is 4. The number of carboxylic acid groups (broad SMARTS) is 1. The fourth-order valence-electron chi connectivity index (χ4n) is 1.54. The molecule has 2 heterocycles. The van der Waals surface area contributed by atoms with Crippen molar-refractivity contribution >= 4 is 27.8 Å². The van der Waals surface area contributed by atoms with Crippen LogP contribution in [-0.2, 0) is 6.54 Å². The summed E-state index contributed by atoms with van der Waals surface area (Å²) in [5.41, 5.74) is 0.462. The molecule has 0 atom stereocenters. The largest absolute Gasteiger partial charge is 0.478 e. The van der Waals surface area contributed by atoms with Gasteiger partial charge in [0.15, 0.2) is 4.67 Å². The van der Waals surface area contributed by atoms with Crippen LogP contribution in [0, 0.1) is 6.92 Å². The van der Waals surface area contributed by atoms with E-state index >= 15 is 0 Å². The molecule has 0 spiro atoms. The first-order valence-corrected chi connectivity index (χ1v) is 6.11. The number of carbonyl (C=O) groups is 2. The molecular weight excluding hydrogens is 318 g/mol. The van der Waals surface area contributed by atoms with E-state index in [1.165, 1.54) is 18.4 Å². The summed E-state index contributed by atoms with van der Waals surface area (Å²) < 4.78 is 10.6. The summed E-state index contributed by atoms with van der Waals surface area (Å²) in [6.45, 7) is 1.66. The van der Waals surface area contributed by atoms with Crippen molar-refractivity contribution in [3.8, 4) is 0 Å². The first-order valence-electron chi connectivity index (χ1n) is 5.32. The highest BCUT2D eigenvalue weighted by Crippen LogP contribution is 2.16. The Morgan fingerprint density at radius 1 is 1.42 bits per heavy atom. The Balaban J connectivity index is 2.01. The number of nitrogens with one attached hydrogen (secondary N) is 1. The van der Waals surface area contributed by atoms with E-state index in [-0.39, 0.29) is 18.0 Å². The van der Waals surface area contributed by atoms with Crippen molar-refractivity contribution in [1.29, 1.82) is 0 Å². The van der Waals surface area contributed by atoms with Crippen LogP contribution in [0.25, 0.3) is 0 Å². The maximum Gasteiger partial charge on any atom is 0.339 e. The maximum absolute atomic E-state index is 11.7. The smallest absolute Gasteiger partial charge is 0.339 e. The Labute approximate surface area is 116 Å². The number of carbonyl (C=O) groups excluding carboxylic acids is 1. The van der Waals surface area contributed by atoms with E-state index in [9.17, 15) is 9.59 Å². The van der Waals surface area contributed by atoms with Gasteiger partial charge in [-0.05, 0) is 28.9 Å². The lowest BCUT2D eigenvalue weighted by molar-refractivity contribution is 0.0694. The quantitative estimate of drug-likeness (QED) is 0.900. The lowest BCUT2D eigenvalue weighted by Gasteiger charge is -1.99. The molecule has 0 saturated carbocycles. The first-order chi connectivity index (χ1) is 8.97. The summed E-state index contributed by atoms with van der Waals surface area (Å²) in [6.07, 6.45) is 1.31. The van der Waals surface area contributed by atoms with E-state index < -0.39 is 5.97 Å². The maximum atomic E-state index is 11.7. The van der Waals surface area contributed by atoms with Gasteiger partial charge in [0.25, 0.3) is 5.91 Å². The molecule has 0 aromatic carbocycles. The average molecular weight is 328 g/mol. The van der Waals surface area contributed by atoms with Gasteiger partial charge in [0, 0.05) is 6.07 Å². The van der Waals surface area contributed by atoms with Crippen molar-refractivity contribution in [2.75, 3.05) is 0 Å². The van der Waals surface area contributed by atoms with Crippen LogP contribution < -0.4 is 5.32 Å². The van der Waals surface area contributed by atoms with E-state index in [2.05, 4.69) is 21.2 Å². The van der Waals surface area contributed by atoms with Crippen molar-refractivity contribution in [2.24, 2.45) is 0 Å². The second-order valence-electron chi connectivity index (χ2n) is 3.81. The van der Waals surface area contributed by atoms with Crippen molar-refractivity contribution in [2.45, 2.75) is 13.5 Å². The molecular formula is C12H10BrNO5. The molecule has 2 N–H and O–H groups in total. The fourth-order valence-corrected chi connectivity index (χ4v) is 1.88. The zero-order valence-corrected chi connectivity index (χ0v) is 11.5. The normalized spacial score (nSPS) is 10.4. The van der Waals surface area contributed by atoms with Crippen LogP contribution in [0.4, 0.5) is 0 Å². The average Bonchev–Trinajstić information content (AvgIpc) is 2.92. The number of hydrogen-bond donors (Lipinski definition) is 2. The molecule has 0 bridgehead atoms. The van der Waals surface area contributed by atoms with Crippen LogP contribution in [0.2, 0.25) is 0 Å². The molecule has 0 saturated heterocycles. The van der Waals surface area contributed by atoms with Crippen LogP contribution in [0.1, 0.15) is 32.2 Å². The minimum Gasteiger partial charge on any atom is -0.478 e. The number of aromatic carboxylic acids is 1. The monoisotopic (exact) mass is 327 g/mol. The minimum atomic E-state index is -1.06. The summed E-state index contributed by atoms with van der Waals surface area (Å²) in [7, 11) is 0. The van der Waals surface area contributed by atoms with Crippen molar-refractivity contribution in [1.82, 2.24) is 5.32 Å². The van der Waals surface area contributed by atoms with Gasteiger partial charge < -0.3 is 19.3 Å². The molecule has 2 aromatic rings. The molecule has 0 fully saturated rings. The topological polar surface area (TPSA) is 92.7 Å². The SMILES string of the molecule is Cc1oc(CNC(=O)c2coc(Br)c2)cc1C(=O)O. The summed E-state index contributed by atoms with van der Waals surface area (Å²) in [4.78, 5) is 22.5. The number of halogens is 1. The van der Waals surface area contributed by atoms with Gasteiger partial charge in [-0.1, -0.05) is 0 Å². The Hall–Kier alpha value is -2.02. The van der Waals surface area contributed by atoms with E-state index in [0.29, 0.717) is 21.8 Å². The molecule has 1 amide bonds. The van der Waals surface area contributed by atoms with Gasteiger partial charge in [-0.25, -0.2) is 4.79 Å². The van der Waals surface area contributed by atoms with E-state index in [4.69, 9.17) is 13.9 Å². The Bertz CT molecular complexity index is 628. The molecule has 2 aromatic heterocycles. The number of rotatable bonds is 4. The zero-order chi connectivity index (χ0) is 14.0. The Kier molecular flexibility index (Phi) is 3.75. The molecule has 100 valence electrons. The molecule has 19 heavy (non-hydrogen) atoms. The summed E-state index contributed by atoms with van der Waals surface area (Å²) >= 11 is 3.09. The molecule has 6 nitrogen and oxygen atoms in total. The third kappa shape index (κ3) is 3.05. The van der Waals surface area contributed by atoms with Gasteiger partial charge in [0.1, 0.15) is 23.3 Å². The molecule has 0 aliphatic heterocycles. The van der Waals surface area contributed by atoms with Crippen LogP contribution in [0.3, 0.4) is 0 Å². The molecule has 0 radical (unpaired) electrons. The van der Waals surface area contributed by atoms with Crippen molar-refractivity contribution < 1.29 is 23.5 Å². The summed E-state index contributed by atoms with van der Waals surface area (Å²) in [5.74, 6) is -0.702. The van der Waals surface area contributed by atoms with E-state index in [1.807, 2.05) is 0 Å². The fraction of sp³-hybridized carbons (Fsp3) is 0.167. The second kappa shape index (κ2) is 5.31. The molecule has 0 aliphatic rings. The highest BCUT2D eigenvalue weighted by atomic mass is 79.9.